The predicted octanol–water partition coefficient (Wildman–Crippen LogP) is 7.03. The fourth-order valence-electron chi connectivity index (χ4n) is 3.23. The van der Waals surface area contributed by atoms with E-state index in [-0.39, 0.29) is 17.1 Å². The number of azo groups is 1. The van der Waals surface area contributed by atoms with E-state index in [0.29, 0.717) is 22.6 Å². The van der Waals surface area contributed by atoms with Gasteiger partial charge in [-0.2, -0.15) is 5.11 Å². The molecule has 2 N–H and O–H groups in total. The first-order chi connectivity index (χ1) is 16.4. The summed E-state index contributed by atoms with van der Waals surface area (Å²) in [6.45, 7) is 0. The van der Waals surface area contributed by atoms with Gasteiger partial charge in [0.15, 0.2) is 5.75 Å². The van der Waals surface area contributed by atoms with Crippen LogP contribution >= 0.6 is 0 Å². The predicted molar refractivity (Wildman–Crippen MR) is 127 cm³/mol. The van der Waals surface area contributed by atoms with Crippen LogP contribution < -0.4 is 5.32 Å². The monoisotopic (exact) mass is 455 g/mol. The van der Waals surface area contributed by atoms with E-state index in [1.165, 1.54) is 12.1 Å². The average Bonchev–Trinajstić information content (AvgIpc) is 2.85. The number of nitrogens with zero attached hydrogens (tertiary/aromatic N) is 4. The Labute approximate surface area is 193 Å². The summed E-state index contributed by atoms with van der Waals surface area (Å²) in [6, 6.07) is 24.6. The van der Waals surface area contributed by atoms with Crippen molar-refractivity contribution in [3.05, 3.63) is 111 Å². The number of rotatable bonds is 7. The van der Waals surface area contributed by atoms with Crippen molar-refractivity contribution in [3.63, 3.8) is 0 Å². The Morgan fingerprint density at radius 3 is 2.18 bits per heavy atom. The van der Waals surface area contributed by atoms with Gasteiger partial charge >= 0.3 is 0 Å². The minimum Gasteiger partial charge on any atom is -0.505 e. The van der Waals surface area contributed by atoms with Gasteiger partial charge in [0.05, 0.1) is 21.6 Å². The van der Waals surface area contributed by atoms with E-state index >= 15 is 0 Å². The van der Waals surface area contributed by atoms with Gasteiger partial charge in [0.25, 0.3) is 11.4 Å². The number of anilines is 2. The van der Waals surface area contributed by atoms with Gasteiger partial charge in [0, 0.05) is 17.3 Å². The summed E-state index contributed by atoms with van der Waals surface area (Å²) < 4.78 is 0. The highest BCUT2D eigenvalue weighted by Crippen LogP contribution is 2.38. The zero-order chi connectivity index (χ0) is 24.1. The zero-order valence-electron chi connectivity index (χ0n) is 17.5. The van der Waals surface area contributed by atoms with Crippen molar-refractivity contribution < 1.29 is 15.0 Å². The summed E-state index contributed by atoms with van der Waals surface area (Å²) in [5.41, 5.74) is 2.16. The number of para-hydroxylation sites is 1. The number of non-ortho nitro benzene ring substituents is 1. The molecule has 4 aromatic carbocycles. The highest BCUT2D eigenvalue weighted by molar-refractivity contribution is 5.76. The van der Waals surface area contributed by atoms with Gasteiger partial charge in [0.2, 0.25) is 0 Å². The molecule has 0 aliphatic rings. The average molecular weight is 455 g/mol. The highest BCUT2D eigenvalue weighted by atomic mass is 16.6. The molecule has 0 heterocycles. The molecule has 10 heteroatoms. The lowest BCUT2D eigenvalue weighted by molar-refractivity contribution is -0.393. The first-order valence-corrected chi connectivity index (χ1v) is 10.0. The van der Waals surface area contributed by atoms with E-state index in [2.05, 4.69) is 15.5 Å². The number of phenolic OH excluding ortho intramolecular Hbond substituents is 1. The molecule has 34 heavy (non-hydrogen) atoms. The number of nitrogens with one attached hydrogen (secondary N) is 1. The molecule has 4 aromatic rings. The molecule has 0 unspecified atom stereocenters. The van der Waals surface area contributed by atoms with Crippen LogP contribution in [-0.2, 0) is 0 Å². The second kappa shape index (κ2) is 9.57. The first-order valence-electron chi connectivity index (χ1n) is 10.0. The van der Waals surface area contributed by atoms with Gasteiger partial charge in [-0.3, -0.25) is 20.2 Å². The molecule has 0 aromatic heterocycles. The third-order valence-electron chi connectivity index (χ3n) is 4.91. The summed E-state index contributed by atoms with van der Waals surface area (Å²) in [7, 11) is 0. The maximum absolute atomic E-state index is 11.3. The molecule has 0 saturated heterocycles. The Balaban J connectivity index is 1.52. The maximum atomic E-state index is 11.3. The number of benzene rings is 4. The van der Waals surface area contributed by atoms with Crippen LogP contribution in [0.5, 0.6) is 5.75 Å². The molecule has 10 nitrogen and oxygen atoms in total. The largest absolute Gasteiger partial charge is 0.505 e. The normalized spacial score (nSPS) is 10.8. The standard InChI is InChI=1S/C24H17N5O5/c30-24-20(16-5-2-1-3-6-16)7-4-8-22(24)27-26-18-11-9-17(10-12-18)25-21-14-13-19(28(31)32)15-23(21)29(33)34/h1-15,25,30H. The van der Waals surface area contributed by atoms with Crippen molar-refractivity contribution in [3.8, 4) is 16.9 Å². The lowest BCUT2D eigenvalue weighted by Crippen LogP contribution is -1.98. The number of hydrogen-bond acceptors (Lipinski definition) is 8. The summed E-state index contributed by atoms with van der Waals surface area (Å²) in [6.07, 6.45) is 0. The molecule has 168 valence electrons. The smallest absolute Gasteiger partial charge is 0.299 e. The molecule has 4 rings (SSSR count). The van der Waals surface area contributed by atoms with Gasteiger partial charge in [-0.05, 0) is 42.0 Å². The summed E-state index contributed by atoms with van der Waals surface area (Å²) in [5.74, 6) is 0.0150. The van der Waals surface area contributed by atoms with Gasteiger partial charge in [-0.1, -0.05) is 42.5 Å². The third-order valence-corrected chi connectivity index (χ3v) is 4.91. The van der Waals surface area contributed by atoms with Crippen LogP contribution in [0.4, 0.5) is 34.1 Å². The summed E-state index contributed by atoms with van der Waals surface area (Å²) >= 11 is 0. The Morgan fingerprint density at radius 1 is 0.765 bits per heavy atom. The van der Waals surface area contributed by atoms with Crippen LogP contribution in [-0.4, -0.2) is 15.0 Å². The molecular weight excluding hydrogens is 438 g/mol. The van der Waals surface area contributed by atoms with E-state index in [0.717, 1.165) is 11.6 Å². The van der Waals surface area contributed by atoms with Crippen molar-refractivity contribution in [2.45, 2.75) is 0 Å². The number of hydrogen-bond donors (Lipinski definition) is 2. The van der Waals surface area contributed by atoms with Crippen LogP contribution in [0.1, 0.15) is 0 Å². The number of aromatic hydroxyl groups is 1. The lowest BCUT2D eigenvalue weighted by atomic mass is 10.0. The van der Waals surface area contributed by atoms with Crippen molar-refractivity contribution in [2.24, 2.45) is 10.2 Å². The molecule has 0 atom stereocenters. The second-order valence-corrected chi connectivity index (χ2v) is 7.13. The molecule has 0 amide bonds. The Kier molecular flexibility index (Phi) is 6.22. The Bertz CT molecular complexity index is 1390. The topological polar surface area (TPSA) is 143 Å². The minimum absolute atomic E-state index is 0.0150. The van der Waals surface area contributed by atoms with Gasteiger partial charge < -0.3 is 10.4 Å². The summed E-state index contributed by atoms with van der Waals surface area (Å²) in [4.78, 5) is 20.8. The molecule has 0 fully saturated rings. The minimum atomic E-state index is -0.691. The Morgan fingerprint density at radius 2 is 1.50 bits per heavy atom. The van der Waals surface area contributed by atoms with E-state index in [9.17, 15) is 25.3 Å². The number of nitro benzene ring substituents is 2. The molecule has 0 aliphatic heterocycles. The van der Waals surface area contributed by atoms with Crippen molar-refractivity contribution >= 4 is 34.1 Å². The molecule has 0 radical (unpaired) electrons. The maximum Gasteiger partial charge on any atom is 0.299 e. The van der Waals surface area contributed by atoms with Crippen LogP contribution in [0, 0.1) is 20.2 Å². The molecule has 0 spiro atoms. The van der Waals surface area contributed by atoms with Gasteiger partial charge in [-0.15, -0.1) is 5.11 Å². The third kappa shape index (κ3) is 4.86. The number of phenols is 1. The molecule has 0 saturated carbocycles. The number of nitro groups is 2. The highest BCUT2D eigenvalue weighted by Gasteiger charge is 2.19. The van der Waals surface area contributed by atoms with Gasteiger partial charge in [0.1, 0.15) is 11.4 Å². The van der Waals surface area contributed by atoms with Crippen molar-refractivity contribution in [1.82, 2.24) is 0 Å². The van der Waals surface area contributed by atoms with Crippen LogP contribution in [0.3, 0.4) is 0 Å². The lowest BCUT2D eigenvalue weighted by Gasteiger charge is -2.07. The zero-order valence-corrected chi connectivity index (χ0v) is 17.5. The van der Waals surface area contributed by atoms with Crippen molar-refractivity contribution in [2.75, 3.05) is 5.32 Å². The van der Waals surface area contributed by atoms with E-state index in [1.807, 2.05) is 30.3 Å². The quantitative estimate of drug-likeness (QED) is 0.174. The van der Waals surface area contributed by atoms with Crippen molar-refractivity contribution in [1.29, 1.82) is 0 Å². The SMILES string of the molecule is O=[N+]([O-])c1ccc(Nc2ccc(N=Nc3cccc(-c4ccccc4)c3O)cc2)c([N+](=O)[O-])c1. The first kappa shape index (κ1) is 22.1. The fraction of sp³-hybridized carbons (Fsp3) is 0. The van der Waals surface area contributed by atoms with Crippen LogP contribution in [0.2, 0.25) is 0 Å². The van der Waals surface area contributed by atoms with Gasteiger partial charge in [-0.25, -0.2) is 0 Å². The van der Waals surface area contributed by atoms with E-state index in [4.69, 9.17) is 0 Å². The Hall–Kier alpha value is -5.12. The fourth-order valence-corrected chi connectivity index (χ4v) is 3.23. The van der Waals surface area contributed by atoms with E-state index < -0.39 is 15.5 Å². The molecule has 0 bridgehead atoms. The van der Waals surface area contributed by atoms with Crippen LogP contribution in [0.25, 0.3) is 11.1 Å². The van der Waals surface area contributed by atoms with Crippen LogP contribution in [0.15, 0.2) is 101 Å². The summed E-state index contributed by atoms with van der Waals surface area (Å²) in [5, 5.41) is 43.9. The second-order valence-electron chi connectivity index (χ2n) is 7.13. The van der Waals surface area contributed by atoms with E-state index in [1.54, 1.807) is 42.5 Å². The molecule has 0 aliphatic carbocycles. The molecular formula is C24H17N5O5.